The van der Waals surface area contributed by atoms with Crippen LogP contribution in [0.3, 0.4) is 0 Å². The molecule has 3 atom stereocenters. The van der Waals surface area contributed by atoms with E-state index in [1.54, 1.807) is 0 Å². The normalized spacial score (nSPS) is 43.5. The van der Waals surface area contributed by atoms with Gasteiger partial charge in [0.25, 0.3) is 0 Å². The average molecular weight is 150 g/mol. The molecule has 2 rings (SSSR count). The van der Waals surface area contributed by atoms with E-state index < -0.39 is 0 Å². The van der Waals surface area contributed by atoms with Crippen LogP contribution in [0.25, 0.3) is 0 Å². The minimum absolute atomic E-state index is 0.928. The first-order chi connectivity index (χ1) is 5.34. The van der Waals surface area contributed by atoms with Crippen LogP contribution in [0.4, 0.5) is 0 Å². The summed E-state index contributed by atoms with van der Waals surface area (Å²) in [5, 5.41) is 0. The third-order valence-electron chi connectivity index (χ3n) is 3.26. The Labute approximate surface area is 69.7 Å². The first-order valence-electron chi connectivity index (χ1n) is 5.01. The Kier molecular flexibility index (Phi) is 2.02. The molecule has 0 aromatic heterocycles. The van der Waals surface area contributed by atoms with Gasteiger partial charge in [0.05, 0.1) is 0 Å². The van der Waals surface area contributed by atoms with Crippen molar-refractivity contribution in [3.63, 3.8) is 0 Å². The van der Waals surface area contributed by atoms with Crippen LogP contribution in [0.5, 0.6) is 0 Å². The van der Waals surface area contributed by atoms with Crippen molar-refractivity contribution in [2.45, 2.75) is 39.0 Å². The third kappa shape index (κ3) is 1.66. The van der Waals surface area contributed by atoms with Crippen LogP contribution in [0, 0.1) is 17.8 Å². The van der Waals surface area contributed by atoms with Crippen LogP contribution in [0.15, 0.2) is 12.2 Å². The van der Waals surface area contributed by atoms with Gasteiger partial charge in [-0.2, -0.15) is 0 Å². The van der Waals surface area contributed by atoms with Crippen molar-refractivity contribution in [3.8, 4) is 0 Å². The van der Waals surface area contributed by atoms with Crippen molar-refractivity contribution >= 4 is 0 Å². The van der Waals surface area contributed by atoms with Crippen molar-refractivity contribution in [2.75, 3.05) is 0 Å². The Morgan fingerprint density at radius 1 is 1.18 bits per heavy atom. The number of hydrogen-bond donors (Lipinski definition) is 0. The molecule has 0 aromatic carbocycles. The molecule has 2 aliphatic rings. The Balaban J connectivity index is 2.13. The fourth-order valence-corrected chi connectivity index (χ4v) is 2.72. The molecule has 2 bridgehead atoms. The van der Waals surface area contributed by atoms with Gasteiger partial charge in [-0.15, -0.1) is 0 Å². The lowest BCUT2D eigenvalue weighted by atomic mass is 9.89. The fraction of sp³-hybridized carbons (Fsp3) is 0.818. The summed E-state index contributed by atoms with van der Waals surface area (Å²) in [7, 11) is 0. The van der Waals surface area contributed by atoms with Gasteiger partial charge in [0.2, 0.25) is 0 Å². The highest BCUT2D eigenvalue weighted by molar-refractivity contribution is 4.96. The maximum atomic E-state index is 2.47. The zero-order valence-electron chi connectivity index (χ0n) is 7.42. The van der Waals surface area contributed by atoms with Gasteiger partial charge < -0.3 is 0 Å². The van der Waals surface area contributed by atoms with Crippen LogP contribution in [0.2, 0.25) is 0 Å². The maximum absolute atomic E-state index is 2.47. The summed E-state index contributed by atoms with van der Waals surface area (Å²) < 4.78 is 0. The predicted octanol–water partition coefficient (Wildman–Crippen LogP) is 3.39. The van der Waals surface area contributed by atoms with E-state index in [0.717, 1.165) is 17.8 Å². The molecule has 1 saturated carbocycles. The molecule has 62 valence electrons. The van der Waals surface area contributed by atoms with Gasteiger partial charge in [0.1, 0.15) is 0 Å². The SMILES string of the molecule is CC1CC2C=CCC(CC2)C1. The molecule has 0 N–H and O–H groups in total. The van der Waals surface area contributed by atoms with Gasteiger partial charge in [-0.25, -0.2) is 0 Å². The molecule has 3 unspecified atom stereocenters. The van der Waals surface area contributed by atoms with Gasteiger partial charge in [0.15, 0.2) is 0 Å². The molecule has 0 amide bonds. The van der Waals surface area contributed by atoms with E-state index in [9.17, 15) is 0 Å². The van der Waals surface area contributed by atoms with E-state index in [1.807, 2.05) is 0 Å². The summed E-state index contributed by atoms with van der Waals surface area (Å²) in [5.41, 5.74) is 0. The van der Waals surface area contributed by atoms with Gasteiger partial charge in [-0.3, -0.25) is 0 Å². The van der Waals surface area contributed by atoms with E-state index in [4.69, 9.17) is 0 Å². The molecular formula is C11H18. The van der Waals surface area contributed by atoms with Crippen molar-refractivity contribution in [2.24, 2.45) is 17.8 Å². The molecule has 0 aliphatic heterocycles. The summed E-state index contributed by atoms with van der Waals surface area (Å²) in [4.78, 5) is 0. The lowest BCUT2D eigenvalue weighted by molar-refractivity contribution is 0.389. The Bertz CT molecular complexity index is 157. The molecule has 0 spiro atoms. The topological polar surface area (TPSA) is 0 Å². The van der Waals surface area contributed by atoms with Crippen molar-refractivity contribution < 1.29 is 0 Å². The van der Waals surface area contributed by atoms with E-state index >= 15 is 0 Å². The summed E-state index contributed by atoms with van der Waals surface area (Å²) in [6, 6.07) is 0. The van der Waals surface area contributed by atoms with E-state index in [2.05, 4.69) is 19.1 Å². The molecule has 0 saturated heterocycles. The maximum Gasteiger partial charge on any atom is -0.0231 e. The second kappa shape index (κ2) is 3.00. The van der Waals surface area contributed by atoms with Crippen LogP contribution in [0.1, 0.15) is 39.0 Å². The number of rotatable bonds is 0. The van der Waals surface area contributed by atoms with Gasteiger partial charge >= 0.3 is 0 Å². The van der Waals surface area contributed by atoms with E-state index in [-0.39, 0.29) is 0 Å². The number of allylic oxidation sites excluding steroid dienone is 2. The lowest BCUT2D eigenvalue weighted by Crippen LogP contribution is -2.04. The van der Waals surface area contributed by atoms with Crippen LogP contribution >= 0.6 is 0 Å². The van der Waals surface area contributed by atoms with E-state index in [0.29, 0.717) is 0 Å². The molecule has 0 heterocycles. The molecule has 0 radical (unpaired) electrons. The van der Waals surface area contributed by atoms with Crippen LogP contribution < -0.4 is 0 Å². The molecule has 2 aliphatic carbocycles. The summed E-state index contributed by atoms with van der Waals surface area (Å²) >= 11 is 0. The average Bonchev–Trinajstić information content (AvgIpc) is 2.19. The van der Waals surface area contributed by atoms with E-state index in [1.165, 1.54) is 32.1 Å². The predicted molar refractivity (Wildman–Crippen MR) is 48.4 cm³/mol. The third-order valence-corrected chi connectivity index (χ3v) is 3.26. The zero-order chi connectivity index (χ0) is 7.68. The first-order valence-corrected chi connectivity index (χ1v) is 5.01. The van der Waals surface area contributed by atoms with Crippen molar-refractivity contribution in [1.29, 1.82) is 0 Å². The quantitative estimate of drug-likeness (QED) is 0.464. The standard InChI is InChI=1S/C11H18/c1-9-7-10-3-2-4-11(8-9)6-5-10/h2-3,9-11H,4-8H2,1H3. The zero-order valence-corrected chi connectivity index (χ0v) is 7.42. The Hall–Kier alpha value is -0.260. The molecule has 11 heavy (non-hydrogen) atoms. The fourth-order valence-electron chi connectivity index (χ4n) is 2.72. The molecule has 0 heteroatoms. The molecule has 1 fully saturated rings. The Morgan fingerprint density at radius 3 is 3.00 bits per heavy atom. The summed E-state index contributed by atoms with van der Waals surface area (Å²) in [6.45, 7) is 2.42. The first kappa shape index (κ1) is 7.39. The lowest BCUT2D eigenvalue weighted by Gasteiger charge is -2.17. The Morgan fingerprint density at radius 2 is 2.09 bits per heavy atom. The smallest absolute Gasteiger partial charge is 0.0231 e. The van der Waals surface area contributed by atoms with Crippen LogP contribution in [-0.2, 0) is 0 Å². The molecule has 0 nitrogen and oxygen atoms in total. The highest BCUT2D eigenvalue weighted by atomic mass is 14.3. The second-order valence-corrected chi connectivity index (χ2v) is 4.44. The van der Waals surface area contributed by atoms with Crippen molar-refractivity contribution in [1.82, 2.24) is 0 Å². The van der Waals surface area contributed by atoms with Crippen molar-refractivity contribution in [3.05, 3.63) is 12.2 Å². The monoisotopic (exact) mass is 150 g/mol. The minimum atomic E-state index is 0.928. The van der Waals surface area contributed by atoms with Gasteiger partial charge in [0, 0.05) is 0 Å². The number of fused-ring (bicyclic) bond motifs is 3. The largest absolute Gasteiger partial charge is 0.0880 e. The highest BCUT2D eigenvalue weighted by Crippen LogP contribution is 2.36. The van der Waals surface area contributed by atoms with Gasteiger partial charge in [-0.05, 0) is 49.9 Å². The number of hydrogen-bond acceptors (Lipinski definition) is 0. The van der Waals surface area contributed by atoms with Gasteiger partial charge in [-0.1, -0.05) is 19.1 Å². The summed E-state index contributed by atoms with van der Waals surface area (Å²) in [6.07, 6.45) is 12.1. The highest BCUT2D eigenvalue weighted by Gasteiger charge is 2.23. The summed E-state index contributed by atoms with van der Waals surface area (Å²) in [5.74, 6) is 2.93. The minimum Gasteiger partial charge on any atom is -0.0880 e. The molecular weight excluding hydrogens is 132 g/mol. The second-order valence-electron chi connectivity index (χ2n) is 4.44. The molecule has 0 aromatic rings. The van der Waals surface area contributed by atoms with Crippen LogP contribution in [-0.4, -0.2) is 0 Å².